The molecule has 0 radical (unpaired) electrons. The summed E-state index contributed by atoms with van der Waals surface area (Å²) in [5.74, 6) is 0.984. The number of sulfonamides is 1. The van der Waals surface area contributed by atoms with Crippen LogP contribution < -0.4 is 9.64 Å². The van der Waals surface area contributed by atoms with Gasteiger partial charge in [-0.3, -0.25) is 0 Å². The molecule has 11 heteroatoms. The summed E-state index contributed by atoms with van der Waals surface area (Å²) in [5.41, 5.74) is 1.75. The van der Waals surface area contributed by atoms with Crippen LogP contribution in [0.2, 0.25) is 5.02 Å². The number of aliphatic hydroxyl groups excluding tert-OH is 1. The highest BCUT2D eigenvalue weighted by Crippen LogP contribution is 2.44. The molecule has 3 fully saturated rings. The minimum absolute atomic E-state index is 0.0192. The largest absolute Gasteiger partial charge is 0.474 e. The first-order valence-electron chi connectivity index (χ1n) is 11.9. The van der Waals surface area contributed by atoms with Gasteiger partial charge in [0.2, 0.25) is 15.9 Å². The summed E-state index contributed by atoms with van der Waals surface area (Å²) in [6, 6.07) is 7.00. The minimum Gasteiger partial charge on any atom is -0.474 e. The van der Waals surface area contributed by atoms with Gasteiger partial charge in [-0.15, -0.1) is 0 Å². The Bertz CT molecular complexity index is 1250. The Balaban J connectivity index is 1.37. The lowest BCUT2D eigenvalue weighted by atomic mass is 10.0. The molecule has 2 aliphatic heterocycles. The Morgan fingerprint density at radius 2 is 1.94 bits per heavy atom. The molecule has 2 atom stereocenters. The number of aromatic nitrogens is 2. The van der Waals surface area contributed by atoms with E-state index >= 15 is 0 Å². The Morgan fingerprint density at radius 3 is 2.54 bits per heavy atom. The summed E-state index contributed by atoms with van der Waals surface area (Å²) in [6.45, 7) is 1.96. The van der Waals surface area contributed by atoms with Crippen molar-refractivity contribution in [2.45, 2.75) is 68.9 Å². The molecule has 2 unspecified atom stereocenters. The monoisotopic (exact) mass is 517 g/mol. The minimum atomic E-state index is -3.20. The lowest BCUT2D eigenvalue weighted by Gasteiger charge is -2.38. The normalized spacial score (nSPS) is 24.2. The van der Waals surface area contributed by atoms with Crippen LogP contribution >= 0.6 is 11.6 Å². The van der Waals surface area contributed by atoms with Gasteiger partial charge in [0.15, 0.2) is 0 Å². The maximum Gasteiger partial charge on any atom is 0.221 e. The summed E-state index contributed by atoms with van der Waals surface area (Å²) in [6.07, 6.45) is 5.85. The third-order valence-corrected chi connectivity index (χ3v) is 9.90. The van der Waals surface area contributed by atoms with Crippen LogP contribution in [0.3, 0.4) is 0 Å². The molecule has 5 rings (SSSR count). The molecule has 3 aliphatic rings. The van der Waals surface area contributed by atoms with Gasteiger partial charge in [0.05, 0.1) is 39.8 Å². The zero-order chi connectivity index (χ0) is 24.7. The van der Waals surface area contributed by atoms with Crippen LogP contribution in [0.1, 0.15) is 49.7 Å². The second-order valence-corrected chi connectivity index (χ2v) is 12.0. The summed E-state index contributed by atoms with van der Waals surface area (Å²) in [7, 11) is -3.20. The molecule has 186 valence electrons. The number of ether oxygens (including phenoxy) is 1. The number of nitriles is 1. The number of hydrogen-bond acceptors (Lipinski definition) is 8. The lowest BCUT2D eigenvalue weighted by molar-refractivity contribution is 0.0910. The standard InChI is InChI=1S/C24H28ClN5O4S/c1-15-23(29(8-9-31)22-7-2-16(13-26)10-21(22)25)27-14-28-24(15)34-19-11-17-3-4-18(12-19)30(17)35(32,33)20-5-6-20/h2,7,10,14,17-20,31H,3-6,8-9,11-12H2,1H3. The van der Waals surface area contributed by atoms with Gasteiger partial charge in [-0.1, -0.05) is 11.6 Å². The van der Waals surface area contributed by atoms with Gasteiger partial charge in [-0.05, 0) is 50.8 Å². The number of hydrogen-bond donors (Lipinski definition) is 1. The summed E-state index contributed by atoms with van der Waals surface area (Å²) < 4.78 is 34.0. The average molecular weight is 518 g/mol. The Hall–Kier alpha value is -2.45. The molecule has 0 spiro atoms. The van der Waals surface area contributed by atoms with Gasteiger partial charge in [-0.2, -0.15) is 9.57 Å². The molecule has 1 aliphatic carbocycles. The van der Waals surface area contributed by atoms with E-state index in [0.29, 0.717) is 46.4 Å². The van der Waals surface area contributed by atoms with Crippen LogP contribution in [-0.4, -0.2) is 64.4 Å². The molecule has 1 saturated carbocycles. The van der Waals surface area contributed by atoms with E-state index in [0.717, 1.165) is 25.7 Å². The van der Waals surface area contributed by atoms with Crippen molar-refractivity contribution in [1.29, 1.82) is 5.26 Å². The molecule has 2 bridgehead atoms. The second kappa shape index (κ2) is 9.54. The summed E-state index contributed by atoms with van der Waals surface area (Å²) in [5, 5.41) is 19.0. The Kier molecular flexibility index (Phi) is 6.61. The Labute approximate surface area is 210 Å². The molecular weight excluding hydrogens is 490 g/mol. The van der Waals surface area contributed by atoms with Crippen molar-refractivity contribution in [2.24, 2.45) is 0 Å². The van der Waals surface area contributed by atoms with E-state index in [1.54, 1.807) is 27.4 Å². The van der Waals surface area contributed by atoms with E-state index in [1.807, 2.05) is 6.92 Å². The third kappa shape index (κ3) is 4.58. The molecule has 1 aromatic heterocycles. The number of anilines is 2. The van der Waals surface area contributed by atoms with E-state index in [1.165, 1.54) is 6.33 Å². The van der Waals surface area contributed by atoms with Crippen LogP contribution in [-0.2, 0) is 10.0 Å². The highest BCUT2D eigenvalue weighted by molar-refractivity contribution is 7.90. The number of fused-ring (bicyclic) bond motifs is 2. The van der Waals surface area contributed by atoms with Crippen molar-refractivity contribution in [3.8, 4) is 11.9 Å². The van der Waals surface area contributed by atoms with Crippen molar-refractivity contribution in [1.82, 2.24) is 14.3 Å². The predicted octanol–water partition coefficient (Wildman–Crippen LogP) is 3.31. The van der Waals surface area contributed by atoms with Crippen LogP contribution in [0.4, 0.5) is 11.5 Å². The van der Waals surface area contributed by atoms with Crippen LogP contribution in [0.15, 0.2) is 24.5 Å². The molecule has 1 aromatic carbocycles. The third-order valence-electron chi connectivity index (χ3n) is 7.10. The molecule has 3 heterocycles. The SMILES string of the molecule is Cc1c(OC2CC3CCC(C2)N3S(=O)(=O)C2CC2)ncnc1N(CCO)c1ccc(C#N)cc1Cl. The number of benzene rings is 1. The summed E-state index contributed by atoms with van der Waals surface area (Å²) >= 11 is 6.45. The zero-order valence-corrected chi connectivity index (χ0v) is 21.0. The zero-order valence-electron chi connectivity index (χ0n) is 19.5. The highest BCUT2D eigenvalue weighted by Gasteiger charge is 2.52. The molecule has 9 nitrogen and oxygen atoms in total. The number of rotatable bonds is 8. The van der Waals surface area contributed by atoms with Gasteiger partial charge in [-0.25, -0.2) is 18.4 Å². The first kappa shape index (κ1) is 24.3. The topological polar surface area (TPSA) is 120 Å². The fourth-order valence-corrected chi connectivity index (χ4v) is 7.92. The number of aliphatic hydroxyl groups is 1. The first-order chi connectivity index (χ1) is 16.8. The number of piperidine rings is 1. The quantitative estimate of drug-likeness (QED) is 0.566. The van der Waals surface area contributed by atoms with Crippen molar-refractivity contribution >= 4 is 33.1 Å². The van der Waals surface area contributed by atoms with Crippen LogP contribution in [0.25, 0.3) is 0 Å². The van der Waals surface area contributed by atoms with Crippen molar-refractivity contribution < 1.29 is 18.3 Å². The maximum absolute atomic E-state index is 12.9. The van der Waals surface area contributed by atoms with Gasteiger partial charge in [0.1, 0.15) is 18.2 Å². The second-order valence-electron chi connectivity index (χ2n) is 9.45. The fourth-order valence-electron chi connectivity index (χ4n) is 5.34. The summed E-state index contributed by atoms with van der Waals surface area (Å²) in [4.78, 5) is 10.6. The number of nitrogens with zero attached hydrogens (tertiary/aromatic N) is 5. The van der Waals surface area contributed by atoms with Crippen LogP contribution in [0, 0.1) is 18.3 Å². The molecule has 2 saturated heterocycles. The number of halogens is 1. The van der Waals surface area contributed by atoms with E-state index in [-0.39, 0.29) is 36.6 Å². The Morgan fingerprint density at radius 1 is 1.23 bits per heavy atom. The van der Waals surface area contributed by atoms with Gasteiger partial charge >= 0.3 is 0 Å². The van der Waals surface area contributed by atoms with E-state index in [2.05, 4.69) is 16.0 Å². The van der Waals surface area contributed by atoms with Crippen molar-refractivity contribution in [3.63, 3.8) is 0 Å². The van der Waals surface area contributed by atoms with Crippen molar-refractivity contribution in [3.05, 3.63) is 40.7 Å². The highest BCUT2D eigenvalue weighted by atomic mass is 35.5. The predicted molar refractivity (Wildman–Crippen MR) is 131 cm³/mol. The molecule has 0 amide bonds. The fraction of sp³-hybridized carbons (Fsp3) is 0.542. The van der Waals surface area contributed by atoms with E-state index in [9.17, 15) is 13.5 Å². The first-order valence-corrected chi connectivity index (χ1v) is 13.8. The van der Waals surface area contributed by atoms with E-state index < -0.39 is 10.0 Å². The molecule has 1 N–H and O–H groups in total. The van der Waals surface area contributed by atoms with E-state index in [4.69, 9.17) is 21.6 Å². The van der Waals surface area contributed by atoms with Gasteiger partial charge in [0.25, 0.3) is 0 Å². The smallest absolute Gasteiger partial charge is 0.221 e. The molecule has 2 aromatic rings. The maximum atomic E-state index is 12.9. The van der Waals surface area contributed by atoms with Gasteiger partial charge < -0.3 is 14.7 Å². The van der Waals surface area contributed by atoms with Crippen molar-refractivity contribution in [2.75, 3.05) is 18.1 Å². The van der Waals surface area contributed by atoms with Gasteiger partial charge in [0, 0.05) is 31.5 Å². The molecular formula is C24H28ClN5O4S. The lowest BCUT2D eigenvalue weighted by Crippen LogP contribution is -2.50. The average Bonchev–Trinajstić information content (AvgIpc) is 3.65. The molecule has 35 heavy (non-hydrogen) atoms. The van der Waals surface area contributed by atoms with Crippen LogP contribution in [0.5, 0.6) is 5.88 Å².